The highest BCUT2D eigenvalue weighted by Crippen LogP contribution is 2.34. The van der Waals surface area contributed by atoms with Crippen molar-refractivity contribution in [3.8, 4) is 17.2 Å². The monoisotopic (exact) mass is 444 g/mol. The molecular formula is C22H24N2O6S. The first kappa shape index (κ1) is 20.0. The van der Waals surface area contributed by atoms with Crippen molar-refractivity contribution in [2.45, 2.75) is 36.6 Å². The van der Waals surface area contributed by atoms with E-state index in [0.717, 1.165) is 32.2 Å². The lowest BCUT2D eigenvalue weighted by atomic mass is 9.97. The van der Waals surface area contributed by atoms with E-state index in [1.807, 2.05) is 4.90 Å². The number of fused-ring (bicyclic) bond motifs is 3. The average Bonchev–Trinajstić information content (AvgIpc) is 2.78. The molecule has 3 aliphatic rings. The van der Waals surface area contributed by atoms with Gasteiger partial charge in [-0.1, -0.05) is 0 Å². The molecule has 31 heavy (non-hydrogen) atoms. The third kappa shape index (κ3) is 3.89. The Balaban J connectivity index is 1.43. The summed E-state index contributed by atoms with van der Waals surface area (Å²) in [7, 11) is -3.88. The van der Waals surface area contributed by atoms with Crippen LogP contribution in [0.25, 0.3) is 0 Å². The molecule has 0 aromatic heterocycles. The number of carbonyl (C=O) groups excluding carboxylic acids is 1. The van der Waals surface area contributed by atoms with Gasteiger partial charge in [0.05, 0.1) is 17.1 Å². The molecule has 164 valence electrons. The molecule has 5 rings (SSSR count). The van der Waals surface area contributed by atoms with E-state index in [4.69, 9.17) is 14.2 Å². The Kier molecular flexibility index (Phi) is 5.13. The van der Waals surface area contributed by atoms with Crippen LogP contribution in [0, 0.1) is 0 Å². The Hall–Kier alpha value is -2.94. The molecule has 0 spiro atoms. The normalized spacial score (nSPS) is 20.6. The Labute approximate surface area is 181 Å². The number of rotatable bonds is 3. The number of sulfonamides is 1. The van der Waals surface area contributed by atoms with Crippen molar-refractivity contribution in [2.75, 3.05) is 31.1 Å². The van der Waals surface area contributed by atoms with Gasteiger partial charge in [-0.25, -0.2) is 8.42 Å². The van der Waals surface area contributed by atoms with Crippen LogP contribution < -0.4 is 18.9 Å². The number of hydrogen-bond donors (Lipinski definition) is 1. The number of nitrogens with one attached hydrogen (secondary N) is 1. The Morgan fingerprint density at radius 1 is 0.871 bits per heavy atom. The molecule has 8 nitrogen and oxygen atoms in total. The first-order valence-electron chi connectivity index (χ1n) is 10.5. The third-order valence-corrected chi connectivity index (χ3v) is 7.26. The van der Waals surface area contributed by atoms with Crippen molar-refractivity contribution in [3.63, 3.8) is 0 Å². The lowest BCUT2D eigenvalue weighted by molar-refractivity contribution is 0.0548. The number of ether oxygens (including phenoxy) is 3. The van der Waals surface area contributed by atoms with E-state index >= 15 is 0 Å². The molecule has 2 aromatic rings. The zero-order valence-electron chi connectivity index (χ0n) is 17.0. The van der Waals surface area contributed by atoms with Crippen molar-refractivity contribution in [3.05, 3.63) is 42.0 Å². The van der Waals surface area contributed by atoms with Crippen LogP contribution in [-0.4, -0.2) is 51.6 Å². The standard InChI is InChI=1S/C22H24N2O6S/c25-22-18-13-15(4-6-19(18)28-10-8-16-3-1-2-9-24(16)22)23-31(26,27)17-5-7-20-21(14-17)30-12-11-29-20/h4-7,13-14,16,23H,1-3,8-12H2. The molecule has 1 saturated heterocycles. The molecule has 3 heterocycles. The van der Waals surface area contributed by atoms with Gasteiger partial charge in [-0.2, -0.15) is 0 Å². The van der Waals surface area contributed by atoms with Crippen LogP contribution in [-0.2, 0) is 10.0 Å². The number of amides is 1. The van der Waals surface area contributed by atoms with Crippen LogP contribution in [0.5, 0.6) is 17.2 Å². The second-order valence-electron chi connectivity index (χ2n) is 7.91. The average molecular weight is 445 g/mol. The maximum Gasteiger partial charge on any atom is 0.262 e. The number of benzene rings is 2. The SMILES string of the molecule is O=C1c2cc(NS(=O)(=O)c3ccc4c(c3)OCCO4)ccc2OCCC2CCCCN12. The van der Waals surface area contributed by atoms with E-state index < -0.39 is 10.0 Å². The number of piperidine rings is 1. The highest BCUT2D eigenvalue weighted by atomic mass is 32.2. The van der Waals surface area contributed by atoms with E-state index in [0.29, 0.717) is 48.3 Å². The first-order chi connectivity index (χ1) is 15.0. The fraction of sp³-hybridized carbons (Fsp3) is 0.409. The minimum absolute atomic E-state index is 0.0576. The number of hydrogen-bond acceptors (Lipinski definition) is 6. The van der Waals surface area contributed by atoms with E-state index in [9.17, 15) is 13.2 Å². The predicted octanol–water partition coefficient (Wildman–Crippen LogP) is 3.04. The van der Waals surface area contributed by atoms with Gasteiger partial charge in [0.1, 0.15) is 19.0 Å². The molecule has 2 aromatic carbocycles. The van der Waals surface area contributed by atoms with E-state index in [1.54, 1.807) is 24.3 Å². The molecular weight excluding hydrogens is 420 g/mol. The van der Waals surface area contributed by atoms with Gasteiger partial charge in [0.15, 0.2) is 11.5 Å². The summed E-state index contributed by atoms with van der Waals surface area (Å²) < 4.78 is 45.2. The second-order valence-corrected chi connectivity index (χ2v) is 9.59. The van der Waals surface area contributed by atoms with Gasteiger partial charge in [-0.15, -0.1) is 0 Å². The molecule has 9 heteroatoms. The lowest BCUT2D eigenvalue weighted by Gasteiger charge is -2.37. The fourth-order valence-electron chi connectivity index (χ4n) is 4.32. The number of anilines is 1. The van der Waals surface area contributed by atoms with Gasteiger partial charge in [0.25, 0.3) is 15.9 Å². The summed E-state index contributed by atoms with van der Waals surface area (Å²) in [6, 6.07) is 9.48. The summed E-state index contributed by atoms with van der Waals surface area (Å²) in [5.41, 5.74) is 0.689. The quantitative estimate of drug-likeness (QED) is 0.782. The molecule has 1 amide bonds. The van der Waals surface area contributed by atoms with Gasteiger partial charge in [0, 0.05) is 30.8 Å². The van der Waals surface area contributed by atoms with E-state index in [1.165, 1.54) is 12.1 Å². The van der Waals surface area contributed by atoms with Crippen LogP contribution in [0.2, 0.25) is 0 Å². The van der Waals surface area contributed by atoms with E-state index in [-0.39, 0.29) is 16.8 Å². The van der Waals surface area contributed by atoms with Crippen molar-refractivity contribution in [2.24, 2.45) is 0 Å². The smallest absolute Gasteiger partial charge is 0.262 e. The Morgan fingerprint density at radius 2 is 1.65 bits per heavy atom. The number of carbonyl (C=O) groups is 1. The summed E-state index contributed by atoms with van der Waals surface area (Å²) in [6.45, 7) is 2.05. The van der Waals surface area contributed by atoms with Crippen LogP contribution in [0.15, 0.2) is 41.3 Å². The molecule has 0 bridgehead atoms. The maximum atomic E-state index is 13.2. The van der Waals surface area contributed by atoms with Crippen LogP contribution in [0.1, 0.15) is 36.0 Å². The van der Waals surface area contributed by atoms with Gasteiger partial charge in [-0.05, 0) is 49.6 Å². The van der Waals surface area contributed by atoms with Crippen LogP contribution >= 0.6 is 0 Å². The van der Waals surface area contributed by atoms with Crippen molar-refractivity contribution < 1.29 is 27.4 Å². The maximum absolute atomic E-state index is 13.2. The zero-order valence-corrected chi connectivity index (χ0v) is 17.8. The molecule has 0 saturated carbocycles. The Morgan fingerprint density at radius 3 is 2.52 bits per heavy atom. The summed E-state index contributed by atoms with van der Waals surface area (Å²) >= 11 is 0. The van der Waals surface area contributed by atoms with Crippen molar-refractivity contribution in [1.29, 1.82) is 0 Å². The summed E-state index contributed by atoms with van der Waals surface area (Å²) in [5.74, 6) is 1.29. The van der Waals surface area contributed by atoms with Crippen molar-refractivity contribution >= 4 is 21.6 Å². The third-order valence-electron chi connectivity index (χ3n) is 5.88. The molecule has 0 radical (unpaired) electrons. The fourth-order valence-corrected chi connectivity index (χ4v) is 5.38. The molecule has 1 atom stereocenters. The highest BCUT2D eigenvalue weighted by molar-refractivity contribution is 7.92. The van der Waals surface area contributed by atoms with Gasteiger partial charge < -0.3 is 19.1 Å². The molecule has 1 fully saturated rings. The Bertz CT molecular complexity index is 1120. The predicted molar refractivity (Wildman–Crippen MR) is 113 cm³/mol. The largest absolute Gasteiger partial charge is 0.493 e. The zero-order chi connectivity index (χ0) is 21.4. The van der Waals surface area contributed by atoms with Crippen LogP contribution in [0.4, 0.5) is 5.69 Å². The first-order valence-corrected chi connectivity index (χ1v) is 12.0. The molecule has 0 aliphatic carbocycles. The summed E-state index contributed by atoms with van der Waals surface area (Å²) in [4.78, 5) is 15.2. The van der Waals surface area contributed by atoms with Crippen molar-refractivity contribution in [1.82, 2.24) is 4.90 Å². The number of nitrogens with zero attached hydrogens (tertiary/aromatic N) is 1. The second kappa shape index (κ2) is 7.96. The minimum atomic E-state index is -3.88. The van der Waals surface area contributed by atoms with Gasteiger partial charge >= 0.3 is 0 Å². The highest BCUT2D eigenvalue weighted by Gasteiger charge is 2.31. The minimum Gasteiger partial charge on any atom is -0.493 e. The molecule has 1 unspecified atom stereocenters. The van der Waals surface area contributed by atoms with Crippen LogP contribution in [0.3, 0.4) is 0 Å². The topological polar surface area (TPSA) is 94.2 Å². The van der Waals surface area contributed by atoms with E-state index in [2.05, 4.69) is 4.72 Å². The van der Waals surface area contributed by atoms with Gasteiger partial charge in [-0.3, -0.25) is 9.52 Å². The molecule has 1 N–H and O–H groups in total. The lowest BCUT2D eigenvalue weighted by Crippen LogP contribution is -2.45. The summed E-state index contributed by atoms with van der Waals surface area (Å²) in [6.07, 6.45) is 3.87. The summed E-state index contributed by atoms with van der Waals surface area (Å²) in [5, 5.41) is 0. The molecule has 3 aliphatic heterocycles. The van der Waals surface area contributed by atoms with Gasteiger partial charge in [0.2, 0.25) is 0 Å².